The van der Waals surface area contributed by atoms with E-state index >= 15 is 0 Å². The molecule has 1 amide bonds. The summed E-state index contributed by atoms with van der Waals surface area (Å²) in [6.07, 6.45) is 4.69. The number of nitro groups is 1. The molecule has 2 aromatic rings. The molecule has 0 saturated carbocycles. The van der Waals surface area contributed by atoms with Crippen molar-refractivity contribution in [2.45, 2.75) is 26.8 Å². The highest BCUT2D eigenvalue weighted by Crippen LogP contribution is 2.24. The van der Waals surface area contributed by atoms with Crippen LogP contribution < -0.4 is 5.43 Å². The molecule has 120 valence electrons. The molecule has 2 aromatic heterocycles. The third-order valence-corrected chi connectivity index (χ3v) is 3.29. The molecule has 0 aromatic carbocycles. The van der Waals surface area contributed by atoms with Crippen LogP contribution in [-0.4, -0.2) is 31.8 Å². The second kappa shape index (κ2) is 6.77. The number of aromatic nitrogens is 3. The van der Waals surface area contributed by atoms with Crippen molar-refractivity contribution in [3.63, 3.8) is 0 Å². The summed E-state index contributed by atoms with van der Waals surface area (Å²) in [6.45, 7) is 4.69. The smallest absolute Gasteiger partial charge is 0.271 e. The summed E-state index contributed by atoms with van der Waals surface area (Å²) >= 11 is 0. The molecule has 0 aliphatic heterocycles. The van der Waals surface area contributed by atoms with Gasteiger partial charge in [0.1, 0.15) is 17.4 Å². The van der Waals surface area contributed by atoms with E-state index < -0.39 is 16.9 Å². The lowest BCUT2D eigenvalue weighted by atomic mass is 10.3. The molecule has 9 nitrogen and oxygen atoms in total. The third-order valence-electron chi connectivity index (χ3n) is 3.29. The number of aryl methyl sites for hydroxylation is 1. The third kappa shape index (κ3) is 3.57. The second-order valence-electron chi connectivity index (χ2n) is 4.92. The van der Waals surface area contributed by atoms with E-state index in [1.807, 2.05) is 0 Å². The number of hydrogen-bond donors (Lipinski definition) is 1. The zero-order valence-electron chi connectivity index (χ0n) is 12.9. The van der Waals surface area contributed by atoms with Crippen LogP contribution in [0.15, 0.2) is 29.6 Å². The molecule has 2 rings (SSSR count). The van der Waals surface area contributed by atoms with Crippen molar-refractivity contribution < 1.29 is 9.72 Å². The summed E-state index contributed by atoms with van der Waals surface area (Å²) in [5, 5.41) is 18.9. The molecule has 0 spiro atoms. The zero-order chi connectivity index (χ0) is 17.0. The molecule has 0 bridgehead atoms. The first-order valence-corrected chi connectivity index (χ1v) is 6.85. The van der Waals surface area contributed by atoms with Crippen molar-refractivity contribution in [1.82, 2.24) is 20.2 Å². The van der Waals surface area contributed by atoms with Crippen LogP contribution in [0.2, 0.25) is 0 Å². The Kier molecular flexibility index (Phi) is 4.79. The fraction of sp³-hybridized carbons (Fsp3) is 0.286. The Balaban J connectivity index is 2.10. The Labute approximate surface area is 132 Å². The highest BCUT2D eigenvalue weighted by molar-refractivity contribution is 5.83. The van der Waals surface area contributed by atoms with Crippen molar-refractivity contribution in [1.29, 1.82) is 0 Å². The number of nitrogens with one attached hydrogen (secondary N) is 1. The van der Waals surface area contributed by atoms with E-state index in [0.29, 0.717) is 5.69 Å². The quantitative estimate of drug-likeness (QED) is 0.510. The fourth-order valence-electron chi connectivity index (χ4n) is 2.12. The zero-order valence-corrected chi connectivity index (χ0v) is 12.9. The molecule has 1 N–H and O–H groups in total. The SMILES string of the molecule is Cc1nn([C@@H](C)C(=O)N/N=C\c2cccnc2)c(C)c1[N+](=O)[O-]. The van der Waals surface area contributed by atoms with E-state index in [4.69, 9.17) is 0 Å². The maximum absolute atomic E-state index is 12.1. The summed E-state index contributed by atoms with van der Waals surface area (Å²) in [6, 6.07) is 2.81. The minimum absolute atomic E-state index is 0.0801. The average molecular weight is 316 g/mol. The van der Waals surface area contributed by atoms with Gasteiger partial charge in [-0.05, 0) is 26.8 Å². The van der Waals surface area contributed by atoms with E-state index in [9.17, 15) is 14.9 Å². The molecule has 23 heavy (non-hydrogen) atoms. The maximum Gasteiger partial charge on any atom is 0.312 e. The monoisotopic (exact) mass is 316 g/mol. The minimum Gasteiger partial charge on any atom is -0.271 e. The number of hydrazone groups is 1. The predicted octanol–water partition coefficient (Wildman–Crippen LogP) is 1.51. The summed E-state index contributed by atoms with van der Waals surface area (Å²) < 4.78 is 1.32. The van der Waals surface area contributed by atoms with Gasteiger partial charge in [-0.2, -0.15) is 10.2 Å². The molecule has 0 aliphatic rings. The van der Waals surface area contributed by atoms with Crippen LogP contribution in [0.1, 0.15) is 29.9 Å². The predicted molar refractivity (Wildman–Crippen MR) is 83.0 cm³/mol. The molecular formula is C14H16N6O3. The summed E-state index contributed by atoms with van der Waals surface area (Å²) in [5.41, 5.74) is 3.64. The average Bonchev–Trinajstić information content (AvgIpc) is 2.82. The van der Waals surface area contributed by atoms with Crippen molar-refractivity contribution in [3.8, 4) is 0 Å². The van der Waals surface area contributed by atoms with E-state index in [1.165, 1.54) is 17.8 Å². The normalized spacial score (nSPS) is 12.3. The van der Waals surface area contributed by atoms with Gasteiger partial charge in [0.2, 0.25) is 0 Å². The Morgan fingerprint density at radius 2 is 2.26 bits per heavy atom. The first kappa shape index (κ1) is 16.3. The first-order chi connectivity index (χ1) is 10.9. The van der Waals surface area contributed by atoms with Gasteiger partial charge >= 0.3 is 5.69 Å². The lowest BCUT2D eigenvalue weighted by Gasteiger charge is -2.11. The van der Waals surface area contributed by atoms with Crippen LogP contribution in [0.4, 0.5) is 5.69 Å². The lowest BCUT2D eigenvalue weighted by Crippen LogP contribution is -2.28. The van der Waals surface area contributed by atoms with Crippen LogP contribution in [0, 0.1) is 24.0 Å². The van der Waals surface area contributed by atoms with Gasteiger partial charge < -0.3 is 0 Å². The first-order valence-electron chi connectivity index (χ1n) is 6.85. The molecule has 0 saturated heterocycles. The molecule has 0 unspecified atom stereocenters. The van der Waals surface area contributed by atoms with E-state index in [0.717, 1.165) is 5.56 Å². The van der Waals surface area contributed by atoms with E-state index in [-0.39, 0.29) is 11.4 Å². The lowest BCUT2D eigenvalue weighted by molar-refractivity contribution is -0.386. The molecule has 2 heterocycles. The maximum atomic E-state index is 12.1. The van der Waals surface area contributed by atoms with Gasteiger partial charge in [0.25, 0.3) is 5.91 Å². The second-order valence-corrected chi connectivity index (χ2v) is 4.92. The molecule has 0 fully saturated rings. The van der Waals surface area contributed by atoms with Gasteiger partial charge in [-0.3, -0.25) is 24.6 Å². The Bertz CT molecular complexity index is 753. The number of carbonyl (C=O) groups is 1. The summed E-state index contributed by atoms with van der Waals surface area (Å²) in [5.74, 6) is -0.425. The number of rotatable bonds is 5. The molecule has 1 atom stereocenters. The van der Waals surface area contributed by atoms with Crippen molar-refractivity contribution >= 4 is 17.8 Å². The van der Waals surface area contributed by atoms with Crippen LogP contribution in [0.3, 0.4) is 0 Å². The number of nitrogens with zero attached hydrogens (tertiary/aromatic N) is 5. The van der Waals surface area contributed by atoms with Gasteiger partial charge in [0, 0.05) is 18.0 Å². The molecule has 0 radical (unpaired) electrons. The van der Waals surface area contributed by atoms with Gasteiger partial charge in [-0.1, -0.05) is 6.07 Å². The largest absolute Gasteiger partial charge is 0.312 e. The fourth-order valence-corrected chi connectivity index (χ4v) is 2.12. The standard InChI is InChI=1S/C14H16N6O3/c1-9-13(20(22)23)10(2)19(18-9)11(3)14(21)17-16-8-12-5-4-6-15-7-12/h4-8,11H,1-3H3,(H,17,21)/b16-8-/t11-/m0/s1. The Morgan fingerprint density at radius 1 is 1.52 bits per heavy atom. The summed E-state index contributed by atoms with van der Waals surface area (Å²) in [7, 11) is 0. The van der Waals surface area contributed by atoms with Crippen molar-refractivity contribution in [2.75, 3.05) is 0 Å². The molecule has 9 heteroatoms. The number of amides is 1. The highest BCUT2D eigenvalue weighted by atomic mass is 16.6. The number of carbonyl (C=O) groups excluding carboxylic acids is 1. The van der Waals surface area contributed by atoms with Crippen LogP contribution in [0.5, 0.6) is 0 Å². The van der Waals surface area contributed by atoms with Gasteiger partial charge in [0.05, 0.1) is 11.1 Å². The summed E-state index contributed by atoms with van der Waals surface area (Å²) in [4.78, 5) is 26.5. The molecule has 0 aliphatic carbocycles. The Hall–Kier alpha value is -3.10. The van der Waals surface area contributed by atoms with Crippen LogP contribution >= 0.6 is 0 Å². The highest BCUT2D eigenvalue weighted by Gasteiger charge is 2.26. The van der Waals surface area contributed by atoms with Crippen molar-refractivity contribution in [2.24, 2.45) is 5.10 Å². The van der Waals surface area contributed by atoms with Gasteiger partial charge in [-0.25, -0.2) is 5.43 Å². The van der Waals surface area contributed by atoms with E-state index in [2.05, 4.69) is 20.6 Å². The Morgan fingerprint density at radius 3 is 2.83 bits per heavy atom. The minimum atomic E-state index is -0.728. The topological polar surface area (TPSA) is 115 Å². The molecular weight excluding hydrogens is 300 g/mol. The number of hydrogen-bond acceptors (Lipinski definition) is 6. The van der Waals surface area contributed by atoms with Gasteiger partial charge in [0.15, 0.2) is 0 Å². The van der Waals surface area contributed by atoms with Crippen LogP contribution in [0.25, 0.3) is 0 Å². The number of pyridine rings is 1. The van der Waals surface area contributed by atoms with Crippen LogP contribution in [-0.2, 0) is 4.79 Å². The van der Waals surface area contributed by atoms with Gasteiger partial charge in [-0.15, -0.1) is 0 Å². The van der Waals surface area contributed by atoms with E-state index in [1.54, 1.807) is 38.4 Å². The van der Waals surface area contributed by atoms with Crippen molar-refractivity contribution in [3.05, 3.63) is 51.6 Å².